The zero-order valence-electron chi connectivity index (χ0n) is 10.2. The molecule has 0 aliphatic carbocycles. The molecule has 2 rings (SSSR count). The third-order valence-corrected chi connectivity index (χ3v) is 3.09. The molecule has 3 N–H and O–H groups in total. The Labute approximate surface area is 113 Å². The van der Waals surface area contributed by atoms with Gasteiger partial charge in [-0.15, -0.1) is 0 Å². The van der Waals surface area contributed by atoms with Crippen LogP contribution in [-0.4, -0.2) is 25.8 Å². The summed E-state index contributed by atoms with van der Waals surface area (Å²) in [6, 6.07) is 3.24. The molecule has 0 fully saturated rings. The molecule has 2 aromatic rings. The maximum atomic E-state index is 10.0. The van der Waals surface area contributed by atoms with Crippen molar-refractivity contribution in [2.75, 3.05) is 5.73 Å². The van der Waals surface area contributed by atoms with Gasteiger partial charge in [0.15, 0.2) is 0 Å². The Bertz CT molecular complexity index is 638. The van der Waals surface area contributed by atoms with Crippen molar-refractivity contribution >= 4 is 54.8 Å². The maximum absolute atomic E-state index is 10.0. The molecule has 0 saturated heterocycles. The van der Waals surface area contributed by atoms with E-state index >= 15 is 0 Å². The topological polar surface area (TPSA) is 59.1 Å². The van der Waals surface area contributed by atoms with Gasteiger partial charge in [0.2, 0.25) is 0 Å². The van der Waals surface area contributed by atoms with Crippen LogP contribution in [0.5, 0.6) is 0 Å². The molecule has 1 aromatic carbocycles. The predicted molar refractivity (Wildman–Crippen MR) is 77.2 cm³/mol. The van der Waals surface area contributed by atoms with Gasteiger partial charge >= 0.3 is 0 Å². The maximum Gasteiger partial charge on any atom is 0.117 e. The summed E-state index contributed by atoms with van der Waals surface area (Å²) >= 11 is 5.94. The number of aromatic nitrogens is 1. The fourth-order valence-corrected chi connectivity index (χ4v) is 1.97. The summed E-state index contributed by atoms with van der Waals surface area (Å²) in [6.45, 7) is 3.19. The number of aliphatic hydroxyl groups is 1. The van der Waals surface area contributed by atoms with E-state index in [9.17, 15) is 5.11 Å². The lowest BCUT2D eigenvalue weighted by atomic mass is 9.85. The van der Waals surface area contributed by atoms with Crippen LogP contribution in [0.25, 0.3) is 10.9 Å². The Kier molecular flexibility index (Phi) is 3.07. The fraction of sp³-hybridized carbons (Fsp3) is 0.250. The SMILES string of the molecule is [B]c1cc2nc(C(C)(C)O)c(N)c([B])c2cc1Cl. The highest BCUT2D eigenvalue weighted by Gasteiger charge is 2.23. The van der Waals surface area contributed by atoms with Gasteiger partial charge in [-0.2, -0.15) is 0 Å². The standard InChI is InChI=1S/C12H11B2ClN2O/c1-12(2,18)11-10(16)9(14)5-3-7(15)6(13)4-8(5)17-11/h3-4,18H,16H2,1-2H3. The molecule has 4 radical (unpaired) electrons. The van der Waals surface area contributed by atoms with Crippen molar-refractivity contribution in [3.63, 3.8) is 0 Å². The van der Waals surface area contributed by atoms with Gasteiger partial charge in [-0.1, -0.05) is 22.5 Å². The highest BCUT2D eigenvalue weighted by Crippen LogP contribution is 2.26. The lowest BCUT2D eigenvalue weighted by Crippen LogP contribution is -2.26. The average Bonchev–Trinajstić information content (AvgIpc) is 2.25. The third kappa shape index (κ3) is 2.08. The number of rotatable bonds is 1. The van der Waals surface area contributed by atoms with E-state index in [0.717, 1.165) is 0 Å². The second-order valence-electron chi connectivity index (χ2n) is 4.74. The molecule has 6 heteroatoms. The van der Waals surface area contributed by atoms with Gasteiger partial charge < -0.3 is 10.8 Å². The summed E-state index contributed by atoms with van der Waals surface area (Å²) in [7, 11) is 11.7. The van der Waals surface area contributed by atoms with E-state index in [1.165, 1.54) is 0 Å². The Morgan fingerprint density at radius 2 is 1.94 bits per heavy atom. The van der Waals surface area contributed by atoms with Crippen LogP contribution in [0.2, 0.25) is 5.02 Å². The first-order valence-corrected chi connectivity index (χ1v) is 5.76. The minimum atomic E-state index is -1.18. The van der Waals surface area contributed by atoms with Crippen molar-refractivity contribution in [3.8, 4) is 0 Å². The van der Waals surface area contributed by atoms with Gasteiger partial charge in [0.1, 0.15) is 21.3 Å². The van der Waals surface area contributed by atoms with Gasteiger partial charge in [0.25, 0.3) is 0 Å². The number of benzene rings is 1. The minimum absolute atomic E-state index is 0.260. The van der Waals surface area contributed by atoms with Crippen LogP contribution in [0.1, 0.15) is 19.5 Å². The number of pyridine rings is 1. The second-order valence-corrected chi connectivity index (χ2v) is 5.14. The Morgan fingerprint density at radius 3 is 2.50 bits per heavy atom. The van der Waals surface area contributed by atoms with Crippen LogP contribution in [0.3, 0.4) is 0 Å². The van der Waals surface area contributed by atoms with Gasteiger partial charge in [-0.05, 0) is 31.4 Å². The quantitative estimate of drug-likeness (QED) is 0.721. The molecule has 0 saturated carbocycles. The number of hydrogen-bond donors (Lipinski definition) is 2. The molecule has 0 unspecified atom stereocenters. The van der Waals surface area contributed by atoms with Gasteiger partial charge in [0, 0.05) is 10.7 Å². The molecule has 88 valence electrons. The number of halogens is 1. The fourth-order valence-electron chi connectivity index (χ4n) is 1.81. The number of hydrogen-bond acceptors (Lipinski definition) is 3. The molecule has 0 amide bonds. The van der Waals surface area contributed by atoms with Crippen LogP contribution >= 0.6 is 11.6 Å². The number of nitrogens with zero attached hydrogens (tertiary/aromatic N) is 1. The van der Waals surface area contributed by atoms with Gasteiger partial charge in [0.05, 0.1) is 11.2 Å². The molecule has 0 aliphatic rings. The largest absolute Gasteiger partial charge is 0.398 e. The Balaban J connectivity index is 2.88. The van der Waals surface area contributed by atoms with Gasteiger partial charge in [-0.3, -0.25) is 0 Å². The monoisotopic (exact) mass is 256 g/mol. The predicted octanol–water partition coefficient (Wildman–Crippen LogP) is 0.285. The van der Waals surface area contributed by atoms with Crippen molar-refractivity contribution in [1.82, 2.24) is 4.98 Å². The summed E-state index contributed by atoms with van der Waals surface area (Å²) < 4.78 is 0. The molecule has 0 spiro atoms. The van der Waals surface area contributed by atoms with E-state index in [0.29, 0.717) is 32.5 Å². The first-order chi connectivity index (χ1) is 8.21. The Morgan fingerprint density at radius 1 is 1.33 bits per heavy atom. The molecule has 0 aliphatic heterocycles. The third-order valence-electron chi connectivity index (χ3n) is 2.76. The van der Waals surface area contributed by atoms with Gasteiger partial charge in [-0.25, -0.2) is 4.98 Å². The lowest BCUT2D eigenvalue weighted by molar-refractivity contribution is 0.0751. The molecule has 1 aromatic heterocycles. The molecule has 0 atom stereocenters. The smallest absolute Gasteiger partial charge is 0.117 e. The number of anilines is 1. The highest BCUT2D eigenvalue weighted by molar-refractivity contribution is 6.47. The van der Waals surface area contributed by atoms with E-state index < -0.39 is 5.60 Å². The molecule has 0 bridgehead atoms. The minimum Gasteiger partial charge on any atom is -0.398 e. The molecular formula is C12H11B2ClN2O. The second kappa shape index (κ2) is 4.18. The zero-order chi connectivity index (χ0) is 13.7. The van der Waals surface area contributed by atoms with E-state index in [1.807, 2.05) is 0 Å². The van der Waals surface area contributed by atoms with Crippen LogP contribution in [0.4, 0.5) is 5.69 Å². The van der Waals surface area contributed by atoms with Crippen LogP contribution in [-0.2, 0) is 5.60 Å². The number of fused-ring (bicyclic) bond motifs is 1. The average molecular weight is 256 g/mol. The Hall–Kier alpha value is -1.19. The molecular weight excluding hydrogens is 245 g/mol. The van der Waals surface area contributed by atoms with Crippen LogP contribution < -0.4 is 16.7 Å². The van der Waals surface area contributed by atoms with E-state index in [1.54, 1.807) is 26.0 Å². The van der Waals surface area contributed by atoms with E-state index in [4.69, 9.17) is 33.0 Å². The molecule has 3 nitrogen and oxygen atoms in total. The zero-order valence-corrected chi connectivity index (χ0v) is 10.9. The van der Waals surface area contributed by atoms with Crippen molar-refractivity contribution in [1.29, 1.82) is 0 Å². The van der Waals surface area contributed by atoms with Crippen molar-refractivity contribution in [2.24, 2.45) is 0 Å². The summed E-state index contributed by atoms with van der Waals surface area (Å²) in [5.41, 5.74) is 6.62. The van der Waals surface area contributed by atoms with E-state index in [2.05, 4.69) is 4.98 Å². The van der Waals surface area contributed by atoms with Crippen molar-refractivity contribution in [2.45, 2.75) is 19.4 Å². The summed E-state index contributed by atoms with van der Waals surface area (Å²) in [6.07, 6.45) is 0. The number of nitrogens with two attached hydrogens (primary N) is 1. The first-order valence-electron chi connectivity index (χ1n) is 5.38. The lowest BCUT2D eigenvalue weighted by Gasteiger charge is -2.21. The van der Waals surface area contributed by atoms with Crippen molar-refractivity contribution < 1.29 is 5.11 Å². The van der Waals surface area contributed by atoms with Crippen LogP contribution in [0, 0.1) is 0 Å². The van der Waals surface area contributed by atoms with E-state index in [-0.39, 0.29) is 5.69 Å². The molecule has 1 heterocycles. The summed E-state index contributed by atoms with van der Waals surface area (Å²) in [5.74, 6) is 0. The summed E-state index contributed by atoms with van der Waals surface area (Å²) in [4.78, 5) is 4.32. The normalized spacial score (nSPS) is 12.0. The molecule has 18 heavy (non-hydrogen) atoms. The van der Waals surface area contributed by atoms with Crippen molar-refractivity contribution in [3.05, 3.63) is 22.8 Å². The van der Waals surface area contributed by atoms with Crippen LogP contribution in [0.15, 0.2) is 12.1 Å². The first kappa shape index (κ1) is 13.2. The highest BCUT2D eigenvalue weighted by atomic mass is 35.5. The number of nitrogen functional groups attached to an aromatic ring is 1. The summed E-state index contributed by atoms with van der Waals surface area (Å²) in [5, 5.41) is 11.0.